The number of aliphatic hydroxyl groups excluding tert-OH is 1. The van der Waals surface area contributed by atoms with Crippen molar-refractivity contribution in [2.24, 2.45) is 0 Å². The molecule has 1 aromatic carbocycles. The van der Waals surface area contributed by atoms with Gasteiger partial charge < -0.3 is 19.5 Å². The SMILES string of the molecule is CCOC(=O)C(O)c1ccc2c(c1)N(C)C(=O)C(C)O2. The smallest absolute Gasteiger partial charge is 0.339 e. The van der Waals surface area contributed by atoms with Gasteiger partial charge in [0.2, 0.25) is 0 Å². The number of likely N-dealkylation sites (N-methyl/N-ethyl adjacent to an activating group) is 1. The fourth-order valence-corrected chi connectivity index (χ4v) is 2.06. The van der Waals surface area contributed by atoms with E-state index in [0.29, 0.717) is 17.0 Å². The second kappa shape index (κ2) is 5.50. The van der Waals surface area contributed by atoms with E-state index < -0.39 is 18.2 Å². The van der Waals surface area contributed by atoms with Crippen molar-refractivity contribution < 1.29 is 24.2 Å². The zero-order valence-electron chi connectivity index (χ0n) is 11.6. The second-order valence-electron chi connectivity index (χ2n) is 4.54. The first-order valence-electron chi connectivity index (χ1n) is 6.38. The van der Waals surface area contributed by atoms with Gasteiger partial charge in [0, 0.05) is 7.05 Å². The number of nitrogens with zero attached hydrogens (tertiary/aromatic N) is 1. The van der Waals surface area contributed by atoms with Crippen LogP contribution in [-0.4, -0.2) is 36.7 Å². The molecule has 108 valence electrons. The lowest BCUT2D eigenvalue weighted by atomic mass is 10.1. The Labute approximate surface area is 116 Å². The number of carbonyl (C=O) groups is 2. The van der Waals surface area contributed by atoms with Crippen molar-refractivity contribution in [2.45, 2.75) is 26.1 Å². The average Bonchev–Trinajstić information content (AvgIpc) is 2.44. The van der Waals surface area contributed by atoms with Gasteiger partial charge in [-0.15, -0.1) is 0 Å². The summed E-state index contributed by atoms with van der Waals surface area (Å²) < 4.78 is 10.2. The number of carbonyl (C=O) groups excluding carboxylic acids is 2. The maximum Gasteiger partial charge on any atom is 0.339 e. The van der Waals surface area contributed by atoms with E-state index in [0.717, 1.165) is 0 Å². The number of esters is 1. The third-order valence-corrected chi connectivity index (χ3v) is 3.15. The van der Waals surface area contributed by atoms with Gasteiger partial charge in [-0.3, -0.25) is 4.79 Å². The molecule has 1 aromatic rings. The molecule has 0 radical (unpaired) electrons. The van der Waals surface area contributed by atoms with Crippen molar-refractivity contribution in [3.05, 3.63) is 23.8 Å². The molecule has 2 unspecified atom stereocenters. The summed E-state index contributed by atoms with van der Waals surface area (Å²) in [6, 6.07) is 4.77. The maximum atomic E-state index is 11.9. The fraction of sp³-hybridized carbons (Fsp3) is 0.429. The van der Waals surface area contributed by atoms with Crippen LogP contribution in [-0.2, 0) is 14.3 Å². The molecule has 6 nitrogen and oxygen atoms in total. The summed E-state index contributed by atoms with van der Waals surface area (Å²) in [7, 11) is 1.63. The van der Waals surface area contributed by atoms with Crippen molar-refractivity contribution in [1.82, 2.24) is 0 Å². The molecule has 0 spiro atoms. The number of rotatable bonds is 3. The molecule has 20 heavy (non-hydrogen) atoms. The molecule has 6 heteroatoms. The first-order valence-corrected chi connectivity index (χ1v) is 6.38. The van der Waals surface area contributed by atoms with Crippen LogP contribution in [0.15, 0.2) is 18.2 Å². The van der Waals surface area contributed by atoms with E-state index in [-0.39, 0.29) is 12.5 Å². The molecule has 2 atom stereocenters. The van der Waals surface area contributed by atoms with Gasteiger partial charge in [-0.1, -0.05) is 6.07 Å². The average molecular weight is 279 g/mol. The van der Waals surface area contributed by atoms with Crippen molar-refractivity contribution in [1.29, 1.82) is 0 Å². The van der Waals surface area contributed by atoms with Gasteiger partial charge in [-0.05, 0) is 31.5 Å². The predicted molar refractivity (Wildman–Crippen MR) is 71.5 cm³/mol. The van der Waals surface area contributed by atoms with Crippen LogP contribution in [0.2, 0.25) is 0 Å². The van der Waals surface area contributed by atoms with Crippen LogP contribution in [0.4, 0.5) is 5.69 Å². The zero-order chi connectivity index (χ0) is 14.9. The number of hydrogen-bond acceptors (Lipinski definition) is 5. The minimum atomic E-state index is -1.37. The van der Waals surface area contributed by atoms with Gasteiger partial charge >= 0.3 is 5.97 Å². The molecule has 2 rings (SSSR count). The lowest BCUT2D eigenvalue weighted by molar-refractivity contribution is -0.153. The Morgan fingerprint density at radius 1 is 1.55 bits per heavy atom. The lowest BCUT2D eigenvalue weighted by Gasteiger charge is -2.30. The fourth-order valence-electron chi connectivity index (χ4n) is 2.06. The molecule has 0 bridgehead atoms. The van der Waals surface area contributed by atoms with E-state index in [9.17, 15) is 14.7 Å². The van der Waals surface area contributed by atoms with Gasteiger partial charge in [0.25, 0.3) is 5.91 Å². The number of amides is 1. The molecular formula is C14H17NO5. The summed E-state index contributed by atoms with van der Waals surface area (Å²) in [5.74, 6) is -0.355. The topological polar surface area (TPSA) is 76.1 Å². The minimum absolute atomic E-state index is 0.180. The summed E-state index contributed by atoms with van der Waals surface area (Å²) in [6.07, 6.45) is -1.92. The molecule has 0 fully saturated rings. The largest absolute Gasteiger partial charge is 0.479 e. The highest BCUT2D eigenvalue weighted by Gasteiger charge is 2.30. The Hall–Kier alpha value is -2.08. The Morgan fingerprint density at radius 2 is 2.25 bits per heavy atom. The molecule has 1 heterocycles. The molecule has 0 aliphatic carbocycles. The highest BCUT2D eigenvalue weighted by Crippen LogP contribution is 2.35. The predicted octanol–water partition coefficient (Wildman–Crippen LogP) is 1.03. The number of hydrogen-bond donors (Lipinski definition) is 1. The van der Waals surface area contributed by atoms with Crippen LogP contribution >= 0.6 is 0 Å². The molecule has 0 saturated carbocycles. The highest BCUT2D eigenvalue weighted by molar-refractivity contribution is 5.99. The summed E-state index contributed by atoms with van der Waals surface area (Å²) in [4.78, 5) is 24.8. The Bertz CT molecular complexity index is 542. The summed E-state index contributed by atoms with van der Waals surface area (Å²) in [5, 5.41) is 9.91. The van der Waals surface area contributed by atoms with Crippen LogP contribution in [0.3, 0.4) is 0 Å². The monoisotopic (exact) mass is 279 g/mol. The first kappa shape index (κ1) is 14.3. The normalized spacial score (nSPS) is 19.1. The Balaban J connectivity index is 2.32. The van der Waals surface area contributed by atoms with Gasteiger partial charge in [0.05, 0.1) is 12.3 Å². The van der Waals surface area contributed by atoms with E-state index in [1.54, 1.807) is 39.1 Å². The van der Waals surface area contributed by atoms with Gasteiger partial charge in [0.1, 0.15) is 5.75 Å². The van der Waals surface area contributed by atoms with Crippen molar-refractivity contribution in [3.63, 3.8) is 0 Å². The Kier molecular flexibility index (Phi) is 3.94. The van der Waals surface area contributed by atoms with E-state index in [1.807, 2.05) is 0 Å². The van der Waals surface area contributed by atoms with E-state index in [2.05, 4.69) is 0 Å². The minimum Gasteiger partial charge on any atom is -0.479 e. The zero-order valence-corrected chi connectivity index (χ0v) is 11.6. The Morgan fingerprint density at radius 3 is 2.90 bits per heavy atom. The summed E-state index contributed by atoms with van der Waals surface area (Å²) >= 11 is 0. The number of benzene rings is 1. The van der Waals surface area contributed by atoms with E-state index in [1.165, 1.54) is 4.90 Å². The van der Waals surface area contributed by atoms with Crippen LogP contribution in [0.1, 0.15) is 25.5 Å². The quantitative estimate of drug-likeness (QED) is 0.836. The molecular weight excluding hydrogens is 262 g/mol. The first-order chi connectivity index (χ1) is 9.45. The van der Waals surface area contributed by atoms with Crippen LogP contribution in [0.5, 0.6) is 5.75 Å². The van der Waals surface area contributed by atoms with Crippen molar-refractivity contribution in [2.75, 3.05) is 18.6 Å². The molecule has 1 amide bonds. The van der Waals surface area contributed by atoms with Gasteiger partial charge in [0.15, 0.2) is 12.2 Å². The van der Waals surface area contributed by atoms with Crippen LogP contribution in [0.25, 0.3) is 0 Å². The molecule has 1 N–H and O–H groups in total. The number of ether oxygens (including phenoxy) is 2. The lowest BCUT2D eigenvalue weighted by Crippen LogP contribution is -2.42. The summed E-state index contributed by atoms with van der Waals surface area (Å²) in [5.41, 5.74) is 0.883. The van der Waals surface area contributed by atoms with Crippen LogP contribution in [0, 0.1) is 0 Å². The third-order valence-electron chi connectivity index (χ3n) is 3.15. The maximum absolute atomic E-state index is 11.9. The number of anilines is 1. The van der Waals surface area contributed by atoms with Gasteiger partial charge in [-0.25, -0.2) is 4.79 Å². The standard InChI is InChI=1S/C14H17NO5/c1-4-19-14(18)12(16)9-5-6-11-10(7-9)15(3)13(17)8(2)20-11/h5-8,12,16H,4H2,1-3H3. The molecule has 1 aliphatic rings. The highest BCUT2D eigenvalue weighted by atomic mass is 16.5. The van der Waals surface area contributed by atoms with Gasteiger partial charge in [-0.2, -0.15) is 0 Å². The molecule has 1 aliphatic heterocycles. The molecule has 0 aromatic heterocycles. The van der Waals surface area contributed by atoms with Crippen LogP contribution < -0.4 is 9.64 Å². The van der Waals surface area contributed by atoms with E-state index in [4.69, 9.17) is 9.47 Å². The third kappa shape index (κ3) is 2.46. The summed E-state index contributed by atoms with van der Waals surface area (Å²) in [6.45, 7) is 3.53. The van der Waals surface area contributed by atoms with Crippen molar-refractivity contribution in [3.8, 4) is 5.75 Å². The second-order valence-corrected chi connectivity index (χ2v) is 4.54. The number of fused-ring (bicyclic) bond motifs is 1. The number of aliphatic hydroxyl groups is 1. The van der Waals surface area contributed by atoms with Crippen molar-refractivity contribution >= 4 is 17.6 Å². The molecule has 0 saturated heterocycles. The van der Waals surface area contributed by atoms with E-state index >= 15 is 0 Å².